The molecule has 7 nitrogen and oxygen atoms in total. The van der Waals surface area contributed by atoms with E-state index in [1.807, 2.05) is 86.6 Å². The number of halogens is 1. The van der Waals surface area contributed by atoms with Crippen molar-refractivity contribution in [3.8, 4) is 17.4 Å². The van der Waals surface area contributed by atoms with Gasteiger partial charge in [0.15, 0.2) is 11.5 Å². The lowest BCUT2D eigenvalue weighted by Crippen LogP contribution is -2.39. The minimum atomic E-state index is -1.45. The van der Waals surface area contributed by atoms with Crippen LogP contribution < -0.4 is 14.2 Å². The number of pyridine rings is 2. The maximum Gasteiger partial charge on any atom is 0.217 e. The number of aryl methyl sites for hydroxylation is 1. The molecule has 0 aliphatic carbocycles. The van der Waals surface area contributed by atoms with Crippen LogP contribution in [0.15, 0.2) is 65.1 Å². The second kappa shape index (κ2) is 11.7. The third kappa shape index (κ3) is 5.48. The molecule has 8 heteroatoms. The molecule has 0 saturated carbocycles. The van der Waals surface area contributed by atoms with Gasteiger partial charge in [-0.25, -0.2) is 4.98 Å². The summed E-state index contributed by atoms with van der Waals surface area (Å²) < 4.78 is 18.3. The van der Waals surface area contributed by atoms with Crippen molar-refractivity contribution in [2.24, 2.45) is 0 Å². The monoisotopic (exact) mass is 579 g/mol. The number of para-hydroxylation sites is 1. The van der Waals surface area contributed by atoms with Gasteiger partial charge in [-0.3, -0.25) is 4.98 Å². The SMILES string of the molecule is COc1cccc([C@H](c2cc3cc(Br)ccc3nc2OC)[C@@](O)(CCN(C)C)c2cccc(C)n2)c1OC. The Morgan fingerprint density at radius 1 is 0.921 bits per heavy atom. The first-order chi connectivity index (χ1) is 18.2. The number of ether oxygens (including phenoxy) is 3. The van der Waals surface area contributed by atoms with Crippen molar-refractivity contribution in [3.05, 3.63) is 87.7 Å². The highest BCUT2D eigenvalue weighted by atomic mass is 79.9. The summed E-state index contributed by atoms with van der Waals surface area (Å²) in [6.45, 7) is 2.54. The average Bonchev–Trinajstić information content (AvgIpc) is 2.91. The molecule has 0 aliphatic rings. The van der Waals surface area contributed by atoms with Crippen LogP contribution in [-0.2, 0) is 5.60 Å². The van der Waals surface area contributed by atoms with Crippen LogP contribution >= 0.6 is 15.9 Å². The smallest absolute Gasteiger partial charge is 0.217 e. The number of nitrogens with zero attached hydrogens (tertiary/aromatic N) is 3. The second-order valence-corrected chi connectivity index (χ2v) is 10.5. The van der Waals surface area contributed by atoms with E-state index >= 15 is 0 Å². The van der Waals surface area contributed by atoms with Crippen molar-refractivity contribution in [2.45, 2.75) is 24.9 Å². The molecule has 4 rings (SSSR count). The van der Waals surface area contributed by atoms with Gasteiger partial charge in [-0.05, 0) is 69.9 Å². The Bertz CT molecular complexity index is 1430. The molecular formula is C30H34BrN3O4. The first-order valence-corrected chi connectivity index (χ1v) is 13.2. The zero-order valence-electron chi connectivity index (χ0n) is 22.7. The van der Waals surface area contributed by atoms with Gasteiger partial charge in [-0.15, -0.1) is 0 Å². The standard InChI is InChI=1S/C30H34BrN3O4/c1-19-9-7-12-26(32-19)30(35,15-16-34(2)3)27(22-10-8-11-25(36-4)28(22)37-5)23-18-20-17-21(31)13-14-24(20)33-29(23)38-6/h7-14,17-18,27,35H,15-16H2,1-6H3/t27-,30-/m1/s1. The molecule has 2 aromatic carbocycles. The summed E-state index contributed by atoms with van der Waals surface area (Å²) >= 11 is 3.58. The molecule has 2 atom stereocenters. The maximum absolute atomic E-state index is 12.9. The first kappa shape index (κ1) is 27.8. The van der Waals surface area contributed by atoms with E-state index in [1.165, 1.54) is 0 Å². The summed E-state index contributed by atoms with van der Waals surface area (Å²) in [5, 5.41) is 13.8. The minimum Gasteiger partial charge on any atom is -0.493 e. The van der Waals surface area contributed by atoms with Gasteiger partial charge in [-0.2, -0.15) is 0 Å². The molecule has 38 heavy (non-hydrogen) atoms. The fraction of sp³-hybridized carbons (Fsp3) is 0.333. The normalized spacial score (nSPS) is 13.8. The van der Waals surface area contributed by atoms with E-state index in [4.69, 9.17) is 24.2 Å². The molecular weight excluding hydrogens is 546 g/mol. The maximum atomic E-state index is 12.9. The number of fused-ring (bicyclic) bond motifs is 1. The molecule has 1 N–H and O–H groups in total. The Balaban J connectivity index is 2.11. The van der Waals surface area contributed by atoms with Crippen LogP contribution in [0.2, 0.25) is 0 Å². The predicted molar refractivity (Wildman–Crippen MR) is 153 cm³/mol. The van der Waals surface area contributed by atoms with E-state index in [1.54, 1.807) is 21.3 Å². The highest BCUT2D eigenvalue weighted by Gasteiger charge is 2.45. The van der Waals surface area contributed by atoms with Crippen LogP contribution in [0, 0.1) is 6.92 Å². The number of hydrogen-bond acceptors (Lipinski definition) is 7. The summed E-state index contributed by atoms with van der Waals surface area (Å²) in [6.07, 6.45) is 0.390. The molecule has 2 heterocycles. The molecule has 0 saturated heterocycles. The lowest BCUT2D eigenvalue weighted by atomic mass is 9.73. The molecule has 200 valence electrons. The van der Waals surface area contributed by atoms with Crippen LogP contribution in [0.4, 0.5) is 0 Å². The lowest BCUT2D eigenvalue weighted by molar-refractivity contribution is -0.000985. The van der Waals surface area contributed by atoms with E-state index in [9.17, 15) is 5.11 Å². The number of aromatic nitrogens is 2. The van der Waals surface area contributed by atoms with Crippen molar-refractivity contribution in [1.82, 2.24) is 14.9 Å². The van der Waals surface area contributed by atoms with Crippen LogP contribution in [0.25, 0.3) is 10.9 Å². The predicted octanol–water partition coefficient (Wildman–Crippen LogP) is 5.70. The summed E-state index contributed by atoms with van der Waals surface area (Å²) in [6, 6.07) is 19.3. The third-order valence-corrected chi connectivity index (χ3v) is 7.26. The Kier molecular flexibility index (Phi) is 8.55. The quantitative estimate of drug-likeness (QED) is 0.258. The molecule has 4 aromatic rings. The van der Waals surface area contributed by atoms with E-state index in [-0.39, 0.29) is 0 Å². The van der Waals surface area contributed by atoms with Crippen molar-refractivity contribution >= 4 is 26.8 Å². The minimum absolute atomic E-state index is 0.390. The summed E-state index contributed by atoms with van der Waals surface area (Å²) in [5.41, 5.74) is 2.17. The Labute approximate surface area is 232 Å². The molecule has 2 aromatic heterocycles. The Hall–Kier alpha value is -3.20. The Morgan fingerprint density at radius 3 is 2.34 bits per heavy atom. The zero-order chi connectivity index (χ0) is 27.4. The highest BCUT2D eigenvalue weighted by Crippen LogP contribution is 2.51. The van der Waals surface area contributed by atoms with E-state index in [0.717, 1.165) is 26.6 Å². The van der Waals surface area contributed by atoms with Gasteiger partial charge < -0.3 is 24.2 Å². The van der Waals surface area contributed by atoms with Gasteiger partial charge in [0, 0.05) is 33.2 Å². The number of aliphatic hydroxyl groups is 1. The molecule has 0 radical (unpaired) electrons. The summed E-state index contributed by atoms with van der Waals surface area (Å²) in [4.78, 5) is 11.7. The number of rotatable bonds is 10. The molecule has 0 spiro atoms. The van der Waals surface area contributed by atoms with Gasteiger partial charge in [0.2, 0.25) is 5.88 Å². The lowest BCUT2D eigenvalue weighted by Gasteiger charge is -2.38. The van der Waals surface area contributed by atoms with Crippen molar-refractivity contribution in [2.75, 3.05) is 42.0 Å². The second-order valence-electron chi connectivity index (χ2n) is 9.58. The zero-order valence-corrected chi connectivity index (χ0v) is 24.2. The number of benzene rings is 2. The molecule has 0 amide bonds. The van der Waals surface area contributed by atoms with Gasteiger partial charge in [0.25, 0.3) is 0 Å². The van der Waals surface area contributed by atoms with Gasteiger partial charge in [0.05, 0.1) is 38.5 Å². The third-order valence-electron chi connectivity index (χ3n) is 6.77. The fourth-order valence-electron chi connectivity index (χ4n) is 4.94. The molecule has 0 fully saturated rings. The topological polar surface area (TPSA) is 76.9 Å². The van der Waals surface area contributed by atoms with E-state index in [2.05, 4.69) is 15.9 Å². The number of hydrogen-bond donors (Lipinski definition) is 1. The van der Waals surface area contributed by atoms with Crippen molar-refractivity contribution in [1.29, 1.82) is 0 Å². The molecule has 0 bridgehead atoms. The highest BCUT2D eigenvalue weighted by molar-refractivity contribution is 9.10. The van der Waals surface area contributed by atoms with Crippen molar-refractivity contribution < 1.29 is 19.3 Å². The van der Waals surface area contributed by atoms with Crippen LogP contribution in [-0.4, -0.2) is 61.9 Å². The van der Waals surface area contributed by atoms with Gasteiger partial charge >= 0.3 is 0 Å². The number of methoxy groups -OCH3 is 3. The van der Waals surface area contributed by atoms with E-state index < -0.39 is 11.5 Å². The van der Waals surface area contributed by atoms with Crippen LogP contribution in [0.3, 0.4) is 0 Å². The van der Waals surface area contributed by atoms with Gasteiger partial charge in [0.1, 0.15) is 5.60 Å². The summed E-state index contributed by atoms with van der Waals surface area (Å²) in [7, 11) is 8.78. The first-order valence-electron chi connectivity index (χ1n) is 12.4. The summed E-state index contributed by atoms with van der Waals surface area (Å²) in [5.74, 6) is 0.864. The van der Waals surface area contributed by atoms with Crippen LogP contribution in [0.1, 0.15) is 34.9 Å². The van der Waals surface area contributed by atoms with E-state index in [0.29, 0.717) is 41.6 Å². The van der Waals surface area contributed by atoms with Crippen LogP contribution in [0.5, 0.6) is 17.4 Å². The fourth-order valence-corrected chi connectivity index (χ4v) is 5.31. The Morgan fingerprint density at radius 2 is 1.68 bits per heavy atom. The largest absolute Gasteiger partial charge is 0.493 e. The molecule has 0 aliphatic heterocycles. The van der Waals surface area contributed by atoms with Crippen molar-refractivity contribution in [3.63, 3.8) is 0 Å². The average molecular weight is 581 g/mol. The van der Waals surface area contributed by atoms with Gasteiger partial charge in [-0.1, -0.05) is 34.1 Å². The molecule has 0 unspecified atom stereocenters.